The zero-order chi connectivity index (χ0) is 22.8. The van der Waals surface area contributed by atoms with Crippen LogP contribution in [0.2, 0.25) is 0 Å². The maximum atomic E-state index is 13.7. The van der Waals surface area contributed by atoms with E-state index < -0.39 is 0 Å². The van der Waals surface area contributed by atoms with Crippen LogP contribution in [-0.4, -0.2) is 25.1 Å². The molecule has 3 aromatic carbocycles. The molecule has 0 atom stereocenters. The van der Waals surface area contributed by atoms with E-state index in [0.717, 1.165) is 38.9 Å². The Morgan fingerprint density at radius 2 is 1.66 bits per heavy atom. The van der Waals surface area contributed by atoms with Crippen molar-refractivity contribution in [3.8, 4) is 22.8 Å². The van der Waals surface area contributed by atoms with Gasteiger partial charge in [0, 0.05) is 17.0 Å². The molecule has 0 aliphatic carbocycles. The lowest BCUT2D eigenvalue weighted by molar-refractivity contribution is 0.102. The van der Waals surface area contributed by atoms with Crippen LogP contribution >= 0.6 is 0 Å². The molecule has 32 heavy (non-hydrogen) atoms. The van der Waals surface area contributed by atoms with Gasteiger partial charge in [-0.15, -0.1) is 0 Å². The van der Waals surface area contributed by atoms with Gasteiger partial charge in [-0.1, -0.05) is 42.0 Å². The van der Waals surface area contributed by atoms with E-state index in [1.54, 1.807) is 32.4 Å². The summed E-state index contributed by atoms with van der Waals surface area (Å²) in [6.45, 7) is 6.01. The molecular weight excluding hydrogens is 400 g/mol. The molecule has 1 N–H and O–H groups in total. The van der Waals surface area contributed by atoms with Crippen molar-refractivity contribution in [1.82, 2.24) is 4.98 Å². The zero-order valence-electron chi connectivity index (χ0n) is 18.9. The predicted octanol–water partition coefficient (Wildman–Crippen LogP) is 6.10. The highest BCUT2D eigenvalue weighted by Crippen LogP contribution is 2.34. The van der Waals surface area contributed by atoms with Crippen LogP contribution in [0.15, 0.2) is 60.7 Å². The van der Waals surface area contributed by atoms with Crippen molar-refractivity contribution in [3.05, 3.63) is 82.9 Å². The molecule has 0 saturated heterocycles. The van der Waals surface area contributed by atoms with E-state index in [1.165, 1.54) is 0 Å². The van der Waals surface area contributed by atoms with Crippen LogP contribution in [-0.2, 0) is 0 Å². The molecule has 1 aromatic heterocycles. The molecule has 0 aliphatic heterocycles. The Bertz CT molecular complexity index is 1310. The molecule has 0 spiro atoms. The molecule has 0 bridgehead atoms. The van der Waals surface area contributed by atoms with Gasteiger partial charge < -0.3 is 14.8 Å². The summed E-state index contributed by atoms with van der Waals surface area (Å²) in [6, 6.07) is 19.4. The van der Waals surface area contributed by atoms with E-state index in [4.69, 9.17) is 14.5 Å². The normalized spacial score (nSPS) is 10.8. The first-order valence-electron chi connectivity index (χ1n) is 10.4. The minimum Gasteiger partial charge on any atom is -0.497 e. The fraction of sp³-hybridized carbons (Fsp3) is 0.185. The summed E-state index contributed by atoms with van der Waals surface area (Å²) in [6.07, 6.45) is 0. The molecule has 4 rings (SSSR count). The number of benzene rings is 3. The van der Waals surface area contributed by atoms with Crippen molar-refractivity contribution >= 4 is 22.5 Å². The van der Waals surface area contributed by atoms with Gasteiger partial charge in [0.15, 0.2) is 0 Å². The van der Waals surface area contributed by atoms with Crippen LogP contribution in [0.4, 0.5) is 5.69 Å². The Labute approximate surface area is 188 Å². The number of aromatic nitrogens is 1. The van der Waals surface area contributed by atoms with Gasteiger partial charge in [-0.2, -0.15) is 0 Å². The average molecular weight is 427 g/mol. The molecule has 4 aromatic rings. The highest BCUT2D eigenvalue weighted by Gasteiger charge is 2.21. The highest BCUT2D eigenvalue weighted by atomic mass is 16.5. The Balaban J connectivity index is 1.91. The van der Waals surface area contributed by atoms with Crippen LogP contribution in [0.25, 0.3) is 22.2 Å². The second kappa shape index (κ2) is 8.71. The van der Waals surface area contributed by atoms with Crippen LogP contribution in [0.3, 0.4) is 0 Å². The first kappa shape index (κ1) is 21.4. The van der Waals surface area contributed by atoms with Gasteiger partial charge in [-0.3, -0.25) is 4.79 Å². The molecular formula is C27H26N2O3. The van der Waals surface area contributed by atoms with Crippen molar-refractivity contribution in [2.24, 2.45) is 0 Å². The fourth-order valence-corrected chi connectivity index (χ4v) is 4.07. The van der Waals surface area contributed by atoms with Gasteiger partial charge in [0.05, 0.1) is 36.7 Å². The van der Waals surface area contributed by atoms with E-state index >= 15 is 0 Å². The van der Waals surface area contributed by atoms with Crippen molar-refractivity contribution in [2.75, 3.05) is 19.5 Å². The number of fused-ring (bicyclic) bond motifs is 1. The summed E-state index contributed by atoms with van der Waals surface area (Å²) in [7, 11) is 3.16. The number of nitrogens with one attached hydrogen (secondary N) is 1. The van der Waals surface area contributed by atoms with Crippen LogP contribution in [0.5, 0.6) is 11.5 Å². The van der Waals surface area contributed by atoms with Gasteiger partial charge in [0.25, 0.3) is 5.91 Å². The smallest absolute Gasteiger partial charge is 0.256 e. The molecule has 0 saturated carbocycles. The van der Waals surface area contributed by atoms with Crippen molar-refractivity contribution in [2.45, 2.75) is 20.8 Å². The van der Waals surface area contributed by atoms with Gasteiger partial charge in [0.1, 0.15) is 11.5 Å². The van der Waals surface area contributed by atoms with Gasteiger partial charge >= 0.3 is 0 Å². The number of aryl methyl sites for hydroxylation is 2. The van der Waals surface area contributed by atoms with E-state index in [2.05, 4.69) is 11.4 Å². The van der Waals surface area contributed by atoms with Crippen LogP contribution in [0, 0.1) is 20.8 Å². The minimum absolute atomic E-state index is 0.208. The number of hydrogen-bond donors (Lipinski definition) is 1. The van der Waals surface area contributed by atoms with E-state index in [0.29, 0.717) is 22.7 Å². The minimum atomic E-state index is -0.208. The number of methoxy groups -OCH3 is 2. The standard InChI is InChI=1S/C27H26N2O3/c1-16-13-17(2)25-21(14-16)24(18(3)26(29-25)19-9-7-6-8-10-19)27(30)28-22-12-11-20(31-4)15-23(22)32-5/h6-15H,1-5H3,(H,28,30). The Morgan fingerprint density at radius 1 is 0.906 bits per heavy atom. The summed E-state index contributed by atoms with van der Waals surface area (Å²) in [5, 5.41) is 3.87. The Morgan fingerprint density at radius 3 is 2.34 bits per heavy atom. The summed E-state index contributed by atoms with van der Waals surface area (Å²) in [5.74, 6) is 0.980. The summed E-state index contributed by atoms with van der Waals surface area (Å²) in [4.78, 5) is 18.6. The third kappa shape index (κ3) is 3.89. The number of carbonyl (C=O) groups is 1. The molecule has 5 nitrogen and oxygen atoms in total. The second-order valence-corrected chi connectivity index (χ2v) is 7.82. The van der Waals surface area contributed by atoms with Crippen molar-refractivity contribution in [3.63, 3.8) is 0 Å². The maximum Gasteiger partial charge on any atom is 0.256 e. The fourth-order valence-electron chi connectivity index (χ4n) is 4.07. The number of pyridine rings is 1. The molecule has 162 valence electrons. The topological polar surface area (TPSA) is 60.5 Å². The van der Waals surface area contributed by atoms with Gasteiger partial charge in [-0.05, 0) is 50.1 Å². The van der Waals surface area contributed by atoms with Crippen LogP contribution in [0.1, 0.15) is 27.0 Å². The number of carbonyl (C=O) groups excluding carboxylic acids is 1. The second-order valence-electron chi connectivity index (χ2n) is 7.82. The Hall–Kier alpha value is -3.86. The first-order valence-corrected chi connectivity index (χ1v) is 10.4. The zero-order valence-corrected chi connectivity index (χ0v) is 18.9. The first-order chi connectivity index (χ1) is 15.4. The number of rotatable bonds is 5. The number of nitrogens with zero attached hydrogens (tertiary/aromatic N) is 1. The third-order valence-corrected chi connectivity index (χ3v) is 5.60. The third-order valence-electron chi connectivity index (χ3n) is 5.60. The van der Waals surface area contributed by atoms with Crippen LogP contribution < -0.4 is 14.8 Å². The molecule has 1 amide bonds. The molecule has 0 fully saturated rings. The molecule has 0 radical (unpaired) electrons. The maximum absolute atomic E-state index is 13.7. The predicted molar refractivity (Wildman–Crippen MR) is 129 cm³/mol. The van der Waals surface area contributed by atoms with Gasteiger partial charge in [-0.25, -0.2) is 4.98 Å². The lowest BCUT2D eigenvalue weighted by Crippen LogP contribution is -2.16. The SMILES string of the molecule is COc1ccc(NC(=O)c2c(C)c(-c3ccccc3)nc3c(C)cc(C)cc23)c(OC)c1. The Kier molecular flexibility index (Phi) is 5.82. The number of anilines is 1. The van der Waals surface area contributed by atoms with E-state index in [9.17, 15) is 4.79 Å². The van der Waals surface area contributed by atoms with E-state index in [1.807, 2.05) is 57.2 Å². The summed E-state index contributed by atoms with van der Waals surface area (Å²) in [5.41, 5.74) is 6.74. The highest BCUT2D eigenvalue weighted by molar-refractivity contribution is 6.15. The number of amides is 1. The summed E-state index contributed by atoms with van der Waals surface area (Å²) >= 11 is 0. The molecule has 1 heterocycles. The lowest BCUT2D eigenvalue weighted by atomic mass is 9.94. The van der Waals surface area contributed by atoms with Crippen molar-refractivity contribution < 1.29 is 14.3 Å². The number of ether oxygens (including phenoxy) is 2. The van der Waals surface area contributed by atoms with Gasteiger partial charge in [0.2, 0.25) is 0 Å². The largest absolute Gasteiger partial charge is 0.497 e. The average Bonchev–Trinajstić information content (AvgIpc) is 2.79. The van der Waals surface area contributed by atoms with Crippen molar-refractivity contribution in [1.29, 1.82) is 0 Å². The van der Waals surface area contributed by atoms with E-state index in [-0.39, 0.29) is 5.91 Å². The monoisotopic (exact) mass is 426 g/mol. The quantitative estimate of drug-likeness (QED) is 0.419. The molecule has 5 heteroatoms. The summed E-state index contributed by atoms with van der Waals surface area (Å²) < 4.78 is 10.7. The molecule has 0 aliphatic rings. The number of hydrogen-bond acceptors (Lipinski definition) is 4. The lowest BCUT2D eigenvalue weighted by Gasteiger charge is -2.17. The molecule has 0 unspecified atom stereocenters.